The first kappa shape index (κ1) is 11.3. The first-order valence-corrected chi connectivity index (χ1v) is 4.41. The lowest BCUT2D eigenvalue weighted by Crippen LogP contribution is -2.03. The highest BCUT2D eigenvalue weighted by molar-refractivity contribution is 6.37. The van der Waals surface area contributed by atoms with Gasteiger partial charge in [0.25, 0.3) is 0 Å². The van der Waals surface area contributed by atoms with Gasteiger partial charge in [0, 0.05) is 12.7 Å². The van der Waals surface area contributed by atoms with Gasteiger partial charge in [-0.25, -0.2) is 0 Å². The largest absolute Gasteiger partial charge is 0.432 e. The van der Waals surface area contributed by atoms with Crippen LogP contribution >= 0.6 is 23.2 Å². The number of nitrogens with one attached hydrogen (secondary N) is 1. The minimum absolute atomic E-state index is 0.0437. The van der Waals surface area contributed by atoms with E-state index in [-0.39, 0.29) is 15.8 Å². The van der Waals surface area contributed by atoms with Crippen LogP contribution in [0.25, 0.3) is 0 Å². The number of benzene rings is 1. The molecule has 0 bridgehead atoms. The van der Waals surface area contributed by atoms with Crippen LogP contribution in [0.2, 0.25) is 10.0 Å². The van der Waals surface area contributed by atoms with Crippen LogP contribution in [0.15, 0.2) is 12.1 Å². The van der Waals surface area contributed by atoms with Gasteiger partial charge < -0.3 is 10.1 Å². The van der Waals surface area contributed by atoms with Crippen molar-refractivity contribution in [3.63, 3.8) is 0 Å². The Morgan fingerprint density at radius 1 is 1.29 bits per heavy atom. The highest BCUT2D eigenvalue weighted by Crippen LogP contribution is 2.36. The molecule has 0 aliphatic heterocycles. The van der Waals surface area contributed by atoms with Gasteiger partial charge in [-0.1, -0.05) is 23.2 Å². The summed E-state index contributed by atoms with van der Waals surface area (Å²) in [4.78, 5) is 0. The zero-order valence-corrected chi connectivity index (χ0v) is 8.66. The van der Waals surface area contributed by atoms with Crippen LogP contribution in [0.3, 0.4) is 0 Å². The fourth-order valence-electron chi connectivity index (χ4n) is 0.906. The molecular formula is C8H7Cl2F2NO. The lowest BCUT2D eigenvalue weighted by Gasteiger charge is -2.10. The van der Waals surface area contributed by atoms with Crippen molar-refractivity contribution in [2.75, 3.05) is 12.4 Å². The Morgan fingerprint density at radius 2 is 1.79 bits per heavy atom. The SMILES string of the molecule is CNc1cc(Cl)c(OC(F)F)c(Cl)c1. The highest BCUT2D eigenvalue weighted by Gasteiger charge is 2.13. The summed E-state index contributed by atoms with van der Waals surface area (Å²) in [5.41, 5.74) is 0.626. The van der Waals surface area contributed by atoms with E-state index in [1.165, 1.54) is 12.1 Å². The predicted octanol–water partition coefficient (Wildman–Crippen LogP) is 3.64. The Morgan fingerprint density at radius 3 is 2.14 bits per heavy atom. The molecule has 1 rings (SSSR count). The van der Waals surface area contributed by atoms with Gasteiger partial charge in [-0.3, -0.25) is 0 Å². The lowest BCUT2D eigenvalue weighted by molar-refractivity contribution is -0.0497. The Bertz CT molecular complexity index is 310. The van der Waals surface area contributed by atoms with Crippen molar-refractivity contribution in [1.82, 2.24) is 0 Å². The predicted molar refractivity (Wildman–Crippen MR) is 52.6 cm³/mol. The number of anilines is 1. The third-order valence-corrected chi connectivity index (χ3v) is 2.06. The fraction of sp³-hybridized carbons (Fsp3) is 0.250. The molecule has 0 saturated carbocycles. The summed E-state index contributed by atoms with van der Waals surface area (Å²) in [7, 11) is 1.66. The summed E-state index contributed by atoms with van der Waals surface area (Å²) < 4.78 is 28.0. The average molecular weight is 242 g/mol. The molecule has 2 nitrogen and oxygen atoms in total. The molecule has 0 amide bonds. The van der Waals surface area contributed by atoms with Crippen LogP contribution in [0, 0.1) is 0 Å². The number of hydrogen-bond donors (Lipinski definition) is 1. The molecule has 0 radical (unpaired) electrons. The standard InChI is InChI=1S/C8H7Cl2F2NO/c1-13-4-2-5(9)7(6(10)3-4)14-8(11)12/h2-3,8,13H,1H3. The van der Waals surface area contributed by atoms with E-state index in [1.807, 2.05) is 0 Å². The minimum Gasteiger partial charge on any atom is -0.432 e. The summed E-state index contributed by atoms with van der Waals surface area (Å²) in [5.74, 6) is -0.206. The number of hydrogen-bond acceptors (Lipinski definition) is 2. The number of alkyl halides is 2. The number of ether oxygens (including phenoxy) is 1. The number of rotatable bonds is 3. The second kappa shape index (κ2) is 4.66. The van der Waals surface area contributed by atoms with Gasteiger partial charge in [-0.05, 0) is 12.1 Å². The Hall–Kier alpha value is -0.740. The first-order chi connectivity index (χ1) is 6.54. The minimum atomic E-state index is -2.94. The Balaban J connectivity index is 3.05. The van der Waals surface area contributed by atoms with Gasteiger partial charge in [0.2, 0.25) is 0 Å². The molecule has 1 aromatic rings. The zero-order valence-electron chi connectivity index (χ0n) is 7.15. The fourth-order valence-corrected chi connectivity index (χ4v) is 1.48. The van der Waals surface area contributed by atoms with E-state index < -0.39 is 6.61 Å². The summed E-state index contributed by atoms with van der Waals surface area (Å²) in [5, 5.41) is 2.86. The second-order valence-electron chi connectivity index (χ2n) is 2.40. The summed E-state index contributed by atoms with van der Waals surface area (Å²) in [6.45, 7) is -2.94. The average Bonchev–Trinajstić information content (AvgIpc) is 2.10. The molecule has 0 spiro atoms. The maximum Gasteiger partial charge on any atom is 0.387 e. The third kappa shape index (κ3) is 2.62. The molecule has 0 saturated heterocycles. The van der Waals surface area contributed by atoms with Crippen molar-refractivity contribution >= 4 is 28.9 Å². The first-order valence-electron chi connectivity index (χ1n) is 3.66. The van der Waals surface area contributed by atoms with E-state index in [0.717, 1.165) is 0 Å². The molecule has 0 aliphatic rings. The quantitative estimate of drug-likeness (QED) is 0.873. The molecule has 1 N–H and O–H groups in total. The highest BCUT2D eigenvalue weighted by atomic mass is 35.5. The van der Waals surface area contributed by atoms with E-state index in [0.29, 0.717) is 5.69 Å². The van der Waals surface area contributed by atoms with Crippen LogP contribution in [-0.4, -0.2) is 13.7 Å². The van der Waals surface area contributed by atoms with Crippen LogP contribution in [0.1, 0.15) is 0 Å². The molecule has 0 fully saturated rings. The van der Waals surface area contributed by atoms with Gasteiger partial charge >= 0.3 is 6.61 Å². The molecule has 0 unspecified atom stereocenters. The number of halogens is 4. The van der Waals surface area contributed by atoms with E-state index in [9.17, 15) is 8.78 Å². The zero-order chi connectivity index (χ0) is 10.7. The smallest absolute Gasteiger partial charge is 0.387 e. The summed E-state index contributed by atoms with van der Waals surface area (Å²) >= 11 is 11.3. The van der Waals surface area contributed by atoms with E-state index in [1.54, 1.807) is 7.05 Å². The van der Waals surface area contributed by atoms with E-state index >= 15 is 0 Å². The van der Waals surface area contributed by atoms with E-state index in [2.05, 4.69) is 10.1 Å². The topological polar surface area (TPSA) is 21.3 Å². The summed E-state index contributed by atoms with van der Waals surface area (Å²) in [6, 6.07) is 2.90. The molecule has 0 atom stereocenters. The molecule has 0 aliphatic carbocycles. The van der Waals surface area contributed by atoms with Crippen LogP contribution in [0.5, 0.6) is 5.75 Å². The molecule has 78 valence electrons. The van der Waals surface area contributed by atoms with Crippen molar-refractivity contribution in [1.29, 1.82) is 0 Å². The third-order valence-electron chi connectivity index (χ3n) is 1.49. The van der Waals surface area contributed by atoms with Crippen LogP contribution < -0.4 is 10.1 Å². The normalized spacial score (nSPS) is 10.4. The molecule has 1 aromatic carbocycles. The Labute approximate surface area is 89.8 Å². The Kier molecular flexibility index (Phi) is 3.77. The van der Waals surface area contributed by atoms with Gasteiger partial charge in [-0.15, -0.1) is 0 Å². The van der Waals surface area contributed by atoms with E-state index in [4.69, 9.17) is 23.2 Å². The summed E-state index contributed by atoms with van der Waals surface area (Å²) in [6.07, 6.45) is 0. The molecular weight excluding hydrogens is 235 g/mol. The molecule has 0 heterocycles. The second-order valence-corrected chi connectivity index (χ2v) is 3.21. The van der Waals surface area contributed by atoms with Crippen molar-refractivity contribution in [2.24, 2.45) is 0 Å². The van der Waals surface area contributed by atoms with Gasteiger partial charge in [-0.2, -0.15) is 8.78 Å². The maximum atomic E-state index is 11.9. The lowest BCUT2D eigenvalue weighted by atomic mass is 10.3. The van der Waals surface area contributed by atoms with Crippen molar-refractivity contribution in [3.05, 3.63) is 22.2 Å². The molecule has 14 heavy (non-hydrogen) atoms. The van der Waals surface area contributed by atoms with Crippen LogP contribution in [-0.2, 0) is 0 Å². The van der Waals surface area contributed by atoms with Gasteiger partial charge in [0.15, 0.2) is 5.75 Å². The monoisotopic (exact) mass is 241 g/mol. The van der Waals surface area contributed by atoms with Gasteiger partial charge in [0.1, 0.15) is 0 Å². The van der Waals surface area contributed by atoms with Crippen LogP contribution in [0.4, 0.5) is 14.5 Å². The van der Waals surface area contributed by atoms with Gasteiger partial charge in [0.05, 0.1) is 10.0 Å². The van der Waals surface area contributed by atoms with Crippen molar-refractivity contribution in [3.8, 4) is 5.75 Å². The van der Waals surface area contributed by atoms with Crippen molar-refractivity contribution in [2.45, 2.75) is 6.61 Å². The molecule has 0 aromatic heterocycles. The molecule has 6 heteroatoms. The maximum absolute atomic E-state index is 11.9. The van der Waals surface area contributed by atoms with Crippen molar-refractivity contribution < 1.29 is 13.5 Å².